The number of fused-ring (bicyclic) bond motifs is 1. The zero-order valence-corrected chi connectivity index (χ0v) is 19.6. The molecule has 0 saturated carbocycles. The van der Waals surface area contributed by atoms with Crippen LogP contribution in [0.25, 0.3) is 5.52 Å². The molecule has 5 rings (SSSR count). The Kier molecular flexibility index (Phi) is 5.44. The van der Waals surface area contributed by atoms with Crippen LogP contribution >= 0.6 is 0 Å². The van der Waals surface area contributed by atoms with Gasteiger partial charge in [-0.2, -0.15) is 10.1 Å². The molecule has 0 radical (unpaired) electrons. The Balaban J connectivity index is 1.35. The summed E-state index contributed by atoms with van der Waals surface area (Å²) in [7, 11) is -3.51. The highest BCUT2D eigenvalue weighted by atomic mass is 32.2. The summed E-state index contributed by atoms with van der Waals surface area (Å²) in [5.41, 5.74) is 1.95. The van der Waals surface area contributed by atoms with Gasteiger partial charge in [0.25, 0.3) is 5.91 Å². The third-order valence-electron chi connectivity index (χ3n) is 5.70. The Labute approximate surface area is 196 Å². The van der Waals surface area contributed by atoms with Crippen LogP contribution in [0.4, 0.5) is 17.6 Å². The summed E-state index contributed by atoms with van der Waals surface area (Å²) in [5.74, 6) is 1.52. The predicted octanol–water partition coefficient (Wildman–Crippen LogP) is 1.87. The minimum atomic E-state index is -3.51. The second-order valence-electron chi connectivity index (χ2n) is 8.21. The van der Waals surface area contributed by atoms with Crippen molar-refractivity contribution >= 4 is 38.8 Å². The number of amides is 1. The Hall–Kier alpha value is -3.93. The number of aromatic nitrogens is 5. The molecule has 34 heavy (non-hydrogen) atoms. The zero-order chi connectivity index (χ0) is 23.9. The molecule has 176 valence electrons. The molecule has 0 spiro atoms. The first-order valence-corrected chi connectivity index (χ1v) is 12.7. The van der Waals surface area contributed by atoms with E-state index in [0.717, 1.165) is 17.5 Å². The molecule has 4 heterocycles. The van der Waals surface area contributed by atoms with Gasteiger partial charge in [0.1, 0.15) is 5.52 Å². The topological polar surface area (TPSA) is 129 Å². The fourth-order valence-electron chi connectivity index (χ4n) is 4.00. The van der Waals surface area contributed by atoms with Crippen LogP contribution < -0.4 is 10.2 Å². The molecule has 1 amide bonds. The van der Waals surface area contributed by atoms with E-state index >= 15 is 0 Å². The van der Waals surface area contributed by atoms with Crippen molar-refractivity contribution in [3.8, 4) is 0 Å². The molecule has 1 fully saturated rings. The van der Waals surface area contributed by atoms with Crippen molar-refractivity contribution in [1.82, 2.24) is 29.7 Å². The molecule has 0 atom stereocenters. The van der Waals surface area contributed by atoms with Gasteiger partial charge in [0.05, 0.1) is 10.5 Å². The molecule has 2 N–H and O–H groups in total. The summed E-state index contributed by atoms with van der Waals surface area (Å²) in [4.78, 5) is 21.5. The van der Waals surface area contributed by atoms with Gasteiger partial charge in [-0.05, 0) is 31.2 Å². The molecule has 0 bridgehead atoms. The first-order valence-electron chi connectivity index (χ1n) is 10.8. The average molecular weight is 481 g/mol. The number of aryl methyl sites for hydroxylation is 1. The number of nitrogens with zero attached hydrogens (tertiary/aromatic N) is 6. The van der Waals surface area contributed by atoms with Crippen LogP contribution in [0.5, 0.6) is 0 Å². The van der Waals surface area contributed by atoms with Crippen molar-refractivity contribution in [1.29, 1.82) is 0 Å². The van der Waals surface area contributed by atoms with Crippen molar-refractivity contribution in [2.45, 2.75) is 11.8 Å². The van der Waals surface area contributed by atoms with Crippen molar-refractivity contribution in [2.75, 3.05) is 42.7 Å². The molecule has 0 unspecified atom stereocenters. The molecule has 1 aromatic carbocycles. The standard InChI is InChI=1S/C22H24N8O3S/c1-15-14-19(26-25-15)23-20-17-7-5-9-30(17)27-22(24-20)29-12-10-28(11-13-29)21(31)16-6-3-4-8-18(16)34(2,32)33/h3-9,14H,10-13H2,1-2H3,(H2,23,24,25,26,27). The number of carbonyl (C=O) groups is 1. The van der Waals surface area contributed by atoms with E-state index in [-0.39, 0.29) is 16.4 Å². The SMILES string of the molecule is Cc1cc(Nc2nc(N3CCN(C(=O)c4ccccc4S(C)(=O)=O)CC3)nn3cccc23)n[nH]1. The molecule has 0 aliphatic carbocycles. The Morgan fingerprint density at radius 2 is 1.85 bits per heavy atom. The molecule has 11 nitrogen and oxygen atoms in total. The first-order chi connectivity index (χ1) is 16.3. The highest BCUT2D eigenvalue weighted by molar-refractivity contribution is 7.90. The Morgan fingerprint density at radius 1 is 1.09 bits per heavy atom. The third-order valence-corrected chi connectivity index (χ3v) is 6.85. The molecule has 3 aromatic heterocycles. The number of piperazine rings is 1. The number of sulfone groups is 1. The number of anilines is 3. The number of benzene rings is 1. The number of aromatic amines is 1. The lowest BCUT2D eigenvalue weighted by Crippen LogP contribution is -2.49. The number of nitrogens with one attached hydrogen (secondary N) is 2. The van der Waals surface area contributed by atoms with E-state index in [1.165, 1.54) is 6.07 Å². The van der Waals surface area contributed by atoms with Gasteiger partial charge in [-0.15, -0.1) is 5.10 Å². The van der Waals surface area contributed by atoms with Crippen molar-refractivity contribution in [3.63, 3.8) is 0 Å². The lowest BCUT2D eigenvalue weighted by atomic mass is 10.2. The van der Waals surface area contributed by atoms with Gasteiger partial charge in [0, 0.05) is 50.4 Å². The van der Waals surface area contributed by atoms with E-state index in [9.17, 15) is 13.2 Å². The first kappa shape index (κ1) is 21.9. The van der Waals surface area contributed by atoms with Gasteiger partial charge in [-0.25, -0.2) is 12.9 Å². The smallest absolute Gasteiger partial charge is 0.255 e. The molecule has 12 heteroatoms. The summed E-state index contributed by atoms with van der Waals surface area (Å²) >= 11 is 0. The fourth-order valence-corrected chi connectivity index (χ4v) is 4.88. The van der Waals surface area contributed by atoms with Gasteiger partial charge >= 0.3 is 0 Å². The largest absolute Gasteiger partial charge is 0.336 e. The van der Waals surface area contributed by atoms with Gasteiger partial charge < -0.3 is 15.1 Å². The highest BCUT2D eigenvalue weighted by Gasteiger charge is 2.27. The number of hydrogen-bond acceptors (Lipinski definition) is 8. The van der Waals surface area contributed by atoms with Crippen LogP contribution in [0.1, 0.15) is 16.1 Å². The molecular formula is C22H24N8O3S. The monoisotopic (exact) mass is 480 g/mol. The summed E-state index contributed by atoms with van der Waals surface area (Å²) < 4.78 is 26.0. The second kappa shape index (κ2) is 8.45. The van der Waals surface area contributed by atoms with Gasteiger partial charge in [0.15, 0.2) is 21.5 Å². The lowest BCUT2D eigenvalue weighted by molar-refractivity contribution is 0.0742. The number of carbonyl (C=O) groups excluding carboxylic acids is 1. The fraction of sp³-hybridized carbons (Fsp3) is 0.273. The van der Waals surface area contributed by atoms with Crippen LogP contribution in [0.15, 0.2) is 53.6 Å². The maximum absolute atomic E-state index is 13.1. The lowest BCUT2D eigenvalue weighted by Gasteiger charge is -2.35. The second-order valence-corrected chi connectivity index (χ2v) is 10.2. The molecule has 1 aliphatic rings. The Bertz CT molecular complexity index is 1470. The van der Waals surface area contributed by atoms with Crippen molar-refractivity contribution in [2.24, 2.45) is 0 Å². The predicted molar refractivity (Wildman–Crippen MR) is 127 cm³/mol. The third kappa shape index (κ3) is 4.19. The highest BCUT2D eigenvalue weighted by Crippen LogP contribution is 2.23. The minimum absolute atomic E-state index is 0.0492. The normalized spacial score (nSPS) is 14.5. The van der Waals surface area contributed by atoms with Crippen molar-refractivity contribution in [3.05, 3.63) is 59.9 Å². The average Bonchev–Trinajstić information content (AvgIpc) is 3.47. The van der Waals surface area contributed by atoms with Crippen LogP contribution in [-0.4, -0.2) is 76.5 Å². The van der Waals surface area contributed by atoms with E-state index < -0.39 is 9.84 Å². The molecular weight excluding hydrogens is 456 g/mol. The molecule has 1 aliphatic heterocycles. The zero-order valence-electron chi connectivity index (χ0n) is 18.8. The van der Waals surface area contributed by atoms with E-state index in [0.29, 0.717) is 43.8 Å². The van der Waals surface area contributed by atoms with Crippen molar-refractivity contribution < 1.29 is 13.2 Å². The Morgan fingerprint density at radius 3 is 2.56 bits per heavy atom. The summed E-state index contributed by atoms with van der Waals surface area (Å²) in [6.07, 6.45) is 2.96. The van der Waals surface area contributed by atoms with Gasteiger partial charge in [-0.3, -0.25) is 9.89 Å². The maximum Gasteiger partial charge on any atom is 0.255 e. The van der Waals surface area contributed by atoms with Crippen LogP contribution in [-0.2, 0) is 9.84 Å². The maximum atomic E-state index is 13.1. The molecule has 1 saturated heterocycles. The van der Waals surface area contributed by atoms with Crippen LogP contribution in [0, 0.1) is 6.92 Å². The van der Waals surface area contributed by atoms with E-state index in [4.69, 9.17) is 4.98 Å². The summed E-state index contributed by atoms with van der Waals surface area (Å²) in [5, 5.41) is 15.0. The summed E-state index contributed by atoms with van der Waals surface area (Å²) in [6.45, 7) is 3.79. The van der Waals surface area contributed by atoms with Gasteiger partial charge in [0.2, 0.25) is 5.95 Å². The van der Waals surface area contributed by atoms with Crippen LogP contribution in [0.2, 0.25) is 0 Å². The molecule has 4 aromatic rings. The number of rotatable bonds is 5. The number of H-pyrrole nitrogens is 1. The van der Waals surface area contributed by atoms with E-state index in [1.807, 2.05) is 36.2 Å². The van der Waals surface area contributed by atoms with E-state index in [1.54, 1.807) is 27.6 Å². The van der Waals surface area contributed by atoms with E-state index in [2.05, 4.69) is 20.6 Å². The minimum Gasteiger partial charge on any atom is -0.336 e. The summed E-state index contributed by atoms with van der Waals surface area (Å²) in [6, 6.07) is 12.0. The van der Waals surface area contributed by atoms with Crippen LogP contribution in [0.3, 0.4) is 0 Å². The number of hydrogen-bond donors (Lipinski definition) is 2. The van der Waals surface area contributed by atoms with Gasteiger partial charge in [-0.1, -0.05) is 12.1 Å². The quantitative estimate of drug-likeness (QED) is 0.443.